The number of nitrogens with zero attached hydrogens (tertiary/aromatic N) is 2. The minimum absolute atomic E-state index is 0.350. The van der Waals surface area contributed by atoms with E-state index in [-0.39, 0.29) is 0 Å². The number of piperidine rings is 1. The summed E-state index contributed by atoms with van der Waals surface area (Å²) < 4.78 is 5.61. The molecule has 1 saturated heterocycles. The fraction of sp³-hybridized carbons (Fsp3) is 0.500. The molecule has 2 aromatic rings. The van der Waals surface area contributed by atoms with E-state index in [4.69, 9.17) is 16.3 Å². The van der Waals surface area contributed by atoms with Gasteiger partial charge in [0.2, 0.25) is 0 Å². The molecule has 0 amide bonds. The number of rotatable bonds is 7. The molecule has 6 heteroatoms. The Bertz CT molecular complexity index is 595. The Labute approximate surface area is 147 Å². The zero-order valence-electron chi connectivity index (χ0n) is 13.7. The van der Waals surface area contributed by atoms with Crippen LogP contribution in [0.2, 0.25) is 5.02 Å². The van der Waals surface area contributed by atoms with Crippen LogP contribution in [-0.4, -0.2) is 52.5 Å². The summed E-state index contributed by atoms with van der Waals surface area (Å²) in [4.78, 5) is 2.31. The number of nitrogens with one attached hydrogen (secondary N) is 1. The lowest BCUT2D eigenvalue weighted by molar-refractivity contribution is 0.00615. The third-order valence-corrected chi connectivity index (χ3v) is 4.76. The number of aliphatic hydroxyl groups excluding tert-OH is 1. The van der Waals surface area contributed by atoms with Crippen molar-refractivity contribution in [1.82, 2.24) is 15.1 Å². The molecule has 24 heavy (non-hydrogen) atoms. The first-order chi connectivity index (χ1) is 11.7. The molecular formula is C18H24ClN3O2. The van der Waals surface area contributed by atoms with Crippen LogP contribution < -0.4 is 0 Å². The van der Waals surface area contributed by atoms with Gasteiger partial charge in [0.05, 0.1) is 19.3 Å². The standard InChI is InChI=1S/C18H24ClN3O2/c19-16-3-1-14(2-4-16)12-24-13-17(23)11-22-9-6-15(7-10-22)18-5-8-20-21-18/h1-5,8,15,17,23H,6-7,9-13H2,(H,20,21)/t17-/m0/s1. The molecule has 0 saturated carbocycles. The molecule has 5 nitrogen and oxygen atoms in total. The van der Waals surface area contributed by atoms with Crippen molar-refractivity contribution < 1.29 is 9.84 Å². The number of ether oxygens (including phenoxy) is 1. The van der Waals surface area contributed by atoms with Gasteiger partial charge in [0.15, 0.2) is 0 Å². The van der Waals surface area contributed by atoms with E-state index in [0.29, 0.717) is 25.7 Å². The molecular weight excluding hydrogens is 326 g/mol. The van der Waals surface area contributed by atoms with Gasteiger partial charge in [-0.15, -0.1) is 0 Å². The molecule has 1 atom stereocenters. The summed E-state index contributed by atoms with van der Waals surface area (Å²) in [5.41, 5.74) is 2.29. The molecule has 0 spiro atoms. The van der Waals surface area contributed by atoms with E-state index in [1.165, 1.54) is 5.69 Å². The molecule has 1 aromatic carbocycles. The van der Waals surface area contributed by atoms with Crippen LogP contribution in [0.1, 0.15) is 30.0 Å². The normalized spacial score (nSPS) is 17.9. The second kappa shape index (κ2) is 8.62. The largest absolute Gasteiger partial charge is 0.389 e. The number of halogens is 1. The summed E-state index contributed by atoms with van der Waals surface area (Å²) in [5, 5.41) is 18.0. The Kier molecular flexibility index (Phi) is 6.26. The number of aromatic amines is 1. The van der Waals surface area contributed by atoms with E-state index < -0.39 is 6.10 Å². The number of likely N-dealkylation sites (tertiary alicyclic amines) is 1. The fourth-order valence-electron chi connectivity index (χ4n) is 3.16. The van der Waals surface area contributed by atoms with Crippen molar-refractivity contribution in [2.75, 3.05) is 26.2 Å². The van der Waals surface area contributed by atoms with Crippen molar-refractivity contribution in [3.05, 3.63) is 52.8 Å². The smallest absolute Gasteiger partial charge is 0.0900 e. The summed E-state index contributed by atoms with van der Waals surface area (Å²) in [6.07, 6.45) is 3.55. The second-order valence-corrected chi connectivity index (χ2v) is 6.82. The first-order valence-corrected chi connectivity index (χ1v) is 8.80. The average molecular weight is 350 g/mol. The quantitative estimate of drug-likeness (QED) is 0.807. The van der Waals surface area contributed by atoms with Crippen molar-refractivity contribution in [2.24, 2.45) is 0 Å². The van der Waals surface area contributed by atoms with Crippen molar-refractivity contribution in [3.8, 4) is 0 Å². The van der Waals surface area contributed by atoms with E-state index in [2.05, 4.69) is 21.2 Å². The number of H-pyrrole nitrogens is 1. The highest BCUT2D eigenvalue weighted by molar-refractivity contribution is 6.30. The number of aliphatic hydroxyl groups is 1. The first-order valence-electron chi connectivity index (χ1n) is 8.42. The molecule has 1 aliphatic heterocycles. The SMILES string of the molecule is O[C@H](COCc1ccc(Cl)cc1)CN1CCC(c2ccn[nH]2)CC1. The Morgan fingerprint density at radius 3 is 2.67 bits per heavy atom. The van der Waals surface area contributed by atoms with Crippen molar-refractivity contribution >= 4 is 11.6 Å². The summed E-state index contributed by atoms with van der Waals surface area (Å²) >= 11 is 5.86. The van der Waals surface area contributed by atoms with Gasteiger partial charge in [0.1, 0.15) is 0 Å². The molecule has 0 bridgehead atoms. The molecule has 1 fully saturated rings. The van der Waals surface area contributed by atoms with Gasteiger partial charge in [-0.2, -0.15) is 5.10 Å². The van der Waals surface area contributed by atoms with Crippen molar-refractivity contribution in [3.63, 3.8) is 0 Å². The first kappa shape index (κ1) is 17.4. The van der Waals surface area contributed by atoms with Gasteiger partial charge in [0.25, 0.3) is 0 Å². The molecule has 130 valence electrons. The number of hydrogen-bond donors (Lipinski definition) is 2. The van der Waals surface area contributed by atoms with E-state index >= 15 is 0 Å². The number of β-amino-alcohol motifs (C(OH)–C–C–N with tert-alkyl or cyclic N) is 1. The van der Waals surface area contributed by atoms with Gasteiger partial charge >= 0.3 is 0 Å². The molecule has 3 rings (SSSR count). The minimum Gasteiger partial charge on any atom is -0.389 e. The second-order valence-electron chi connectivity index (χ2n) is 6.38. The highest BCUT2D eigenvalue weighted by atomic mass is 35.5. The van der Waals surface area contributed by atoms with Gasteiger partial charge in [-0.25, -0.2) is 0 Å². The number of aromatic nitrogens is 2. The van der Waals surface area contributed by atoms with Gasteiger partial charge in [0, 0.05) is 29.4 Å². The van der Waals surface area contributed by atoms with E-state index in [1.807, 2.05) is 30.5 Å². The summed E-state index contributed by atoms with van der Waals surface area (Å²) in [7, 11) is 0. The maximum Gasteiger partial charge on any atom is 0.0900 e. The zero-order chi connectivity index (χ0) is 16.8. The van der Waals surface area contributed by atoms with Crippen LogP contribution in [0.3, 0.4) is 0 Å². The zero-order valence-corrected chi connectivity index (χ0v) is 14.5. The van der Waals surface area contributed by atoms with Crippen molar-refractivity contribution in [2.45, 2.75) is 31.5 Å². The van der Waals surface area contributed by atoms with Crippen molar-refractivity contribution in [1.29, 1.82) is 0 Å². The Hall–Kier alpha value is -1.40. The predicted molar refractivity (Wildman–Crippen MR) is 94.1 cm³/mol. The summed E-state index contributed by atoms with van der Waals surface area (Å²) in [6, 6.07) is 9.63. The lowest BCUT2D eigenvalue weighted by atomic mass is 9.93. The van der Waals surface area contributed by atoms with Gasteiger partial charge < -0.3 is 14.7 Å². The lowest BCUT2D eigenvalue weighted by Gasteiger charge is -2.32. The summed E-state index contributed by atoms with van der Waals surface area (Å²) in [5.74, 6) is 0.557. The van der Waals surface area contributed by atoms with Gasteiger partial charge in [-0.3, -0.25) is 5.10 Å². The van der Waals surface area contributed by atoms with Crippen LogP contribution in [0.15, 0.2) is 36.5 Å². The molecule has 0 unspecified atom stereocenters. The fourth-order valence-corrected chi connectivity index (χ4v) is 3.29. The molecule has 1 aliphatic rings. The molecule has 1 aromatic heterocycles. The Morgan fingerprint density at radius 1 is 1.25 bits per heavy atom. The molecule has 0 aliphatic carbocycles. The third-order valence-electron chi connectivity index (χ3n) is 4.51. The topological polar surface area (TPSA) is 61.4 Å². The van der Waals surface area contributed by atoms with Crippen LogP contribution >= 0.6 is 11.6 Å². The molecule has 2 heterocycles. The van der Waals surface area contributed by atoms with Crippen LogP contribution in [0.5, 0.6) is 0 Å². The summed E-state index contributed by atoms with van der Waals surface area (Å²) in [6.45, 7) is 3.51. The van der Waals surface area contributed by atoms with Crippen LogP contribution in [-0.2, 0) is 11.3 Å². The maximum atomic E-state index is 10.2. The third kappa shape index (κ3) is 5.05. The predicted octanol–water partition coefficient (Wildman–Crippen LogP) is 2.82. The molecule has 0 radical (unpaired) electrons. The van der Waals surface area contributed by atoms with Crippen LogP contribution in [0.4, 0.5) is 0 Å². The highest BCUT2D eigenvalue weighted by Crippen LogP contribution is 2.26. The Morgan fingerprint density at radius 2 is 2.00 bits per heavy atom. The van der Waals surface area contributed by atoms with Gasteiger partial charge in [-0.1, -0.05) is 23.7 Å². The van der Waals surface area contributed by atoms with E-state index in [0.717, 1.165) is 36.5 Å². The lowest BCUT2D eigenvalue weighted by Crippen LogP contribution is -2.39. The van der Waals surface area contributed by atoms with Gasteiger partial charge in [-0.05, 0) is 49.7 Å². The average Bonchev–Trinajstić information content (AvgIpc) is 3.12. The Balaban J connectivity index is 1.34. The van der Waals surface area contributed by atoms with Crippen LogP contribution in [0.25, 0.3) is 0 Å². The molecule has 2 N–H and O–H groups in total. The number of benzene rings is 1. The monoisotopic (exact) mass is 349 g/mol. The van der Waals surface area contributed by atoms with E-state index in [9.17, 15) is 5.11 Å². The van der Waals surface area contributed by atoms with E-state index in [1.54, 1.807) is 0 Å². The van der Waals surface area contributed by atoms with Crippen LogP contribution in [0, 0.1) is 0 Å². The maximum absolute atomic E-state index is 10.2. The highest BCUT2D eigenvalue weighted by Gasteiger charge is 2.22. The minimum atomic E-state index is -0.457. The number of hydrogen-bond acceptors (Lipinski definition) is 4.